The van der Waals surface area contributed by atoms with Gasteiger partial charge in [-0.2, -0.15) is 0 Å². The predicted molar refractivity (Wildman–Crippen MR) is 74.6 cm³/mol. The van der Waals surface area contributed by atoms with Crippen molar-refractivity contribution in [3.8, 4) is 11.1 Å². The summed E-state index contributed by atoms with van der Waals surface area (Å²) in [4.78, 5) is 0. The Labute approximate surface area is 116 Å². The zero-order valence-corrected chi connectivity index (χ0v) is 11.3. The molecule has 0 radical (unpaired) electrons. The van der Waals surface area contributed by atoms with E-state index in [1.165, 1.54) is 12.1 Å². The standard InChI is InChI=1S/C14H12Cl2FN/c1-18-8-9-2-3-13(17)7-14(9)10-4-11(15)6-12(16)5-10/h2-7,18H,8H2,1H3. The van der Waals surface area contributed by atoms with Crippen LogP contribution in [-0.4, -0.2) is 7.05 Å². The summed E-state index contributed by atoms with van der Waals surface area (Å²) in [7, 11) is 1.85. The summed E-state index contributed by atoms with van der Waals surface area (Å²) in [6.07, 6.45) is 0. The third-order valence-corrected chi connectivity index (χ3v) is 3.05. The summed E-state index contributed by atoms with van der Waals surface area (Å²) in [5, 5.41) is 4.13. The van der Waals surface area contributed by atoms with Crippen LogP contribution in [-0.2, 0) is 6.54 Å². The lowest BCUT2D eigenvalue weighted by molar-refractivity contribution is 0.627. The highest BCUT2D eigenvalue weighted by molar-refractivity contribution is 6.35. The molecule has 2 aromatic carbocycles. The fourth-order valence-electron chi connectivity index (χ4n) is 1.87. The molecule has 0 bridgehead atoms. The minimum atomic E-state index is -0.277. The van der Waals surface area contributed by atoms with Gasteiger partial charge in [-0.3, -0.25) is 0 Å². The smallest absolute Gasteiger partial charge is 0.123 e. The van der Waals surface area contributed by atoms with Crippen molar-refractivity contribution in [3.63, 3.8) is 0 Å². The second-order valence-electron chi connectivity index (χ2n) is 3.99. The topological polar surface area (TPSA) is 12.0 Å². The Morgan fingerprint density at radius 3 is 2.33 bits per heavy atom. The molecule has 18 heavy (non-hydrogen) atoms. The molecular formula is C14H12Cl2FN. The van der Waals surface area contributed by atoms with E-state index in [4.69, 9.17) is 23.2 Å². The van der Waals surface area contributed by atoms with E-state index in [0.29, 0.717) is 16.6 Å². The molecule has 0 aliphatic carbocycles. The lowest BCUT2D eigenvalue weighted by Gasteiger charge is -2.10. The number of benzene rings is 2. The quantitative estimate of drug-likeness (QED) is 0.873. The molecule has 94 valence electrons. The number of rotatable bonds is 3. The Kier molecular flexibility index (Phi) is 4.23. The molecule has 0 spiro atoms. The third-order valence-electron chi connectivity index (χ3n) is 2.61. The molecule has 1 nitrogen and oxygen atoms in total. The Hall–Kier alpha value is -1.09. The van der Waals surface area contributed by atoms with Crippen LogP contribution >= 0.6 is 23.2 Å². The number of nitrogens with one attached hydrogen (secondary N) is 1. The number of hydrogen-bond acceptors (Lipinski definition) is 1. The first-order valence-corrected chi connectivity index (χ1v) is 6.25. The van der Waals surface area contributed by atoms with Gasteiger partial charge in [0.15, 0.2) is 0 Å². The van der Waals surface area contributed by atoms with E-state index in [0.717, 1.165) is 16.7 Å². The highest BCUT2D eigenvalue weighted by atomic mass is 35.5. The third kappa shape index (κ3) is 3.02. The fourth-order valence-corrected chi connectivity index (χ4v) is 2.40. The van der Waals surface area contributed by atoms with E-state index < -0.39 is 0 Å². The summed E-state index contributed by atoms with van der Waals surface area (Å²) in [5.41, 5.74) is 2.61. The van der Waals surface area contributed by atoms with Gasteiger partial charge >= 0.3 is 0 Å². The lowest BCUT2D eigenvalue weighted by Crippen LogP contribution is -2.06. The molecule has 4 heteroatoms. The summed E-state index contributed by atoms with van der Waals surface area (Å²) in [6, 6.07) is 9.92. The minimum Gasteiger partial charge on any atom is -0.316 e. The molecule has 0 aromatic heterocycles. The Morgan fingerprint density at radius 1 is 1.06 bits per heavy atom. The highest BCUT2D eigenvalue weighted by Crippen LogP contribution is 2.30. The number of halogens is 3. The van der Waals surface area contributed by atoms with Gasteiger partial charge in [-0.15, -0.1) is 0 Å². The molecular weight excluding hydrogens is 272 g/mol. The van der Waals surface area contributed by atoms with Crippen molar-refractivity contribution < 1.29 is 4.39 Å². The van der Waals surface area contributed by atoms with Crippen LogP contribution < -0.4 is 5.32 Å². The monoisotopic (exact) mass is 283 g/mol. The molecule has 0 heterocycles. The van der Waals surface area contributed by atoms with Gasteiger partial charge in [-0.1, -0.05) is 29.3 Å². The van der Waals surface area contributed by atoms with Gasteiger partial charge in [0, 0.05) is 16.6 Å². The summed E-state index contributed by atoms with van der Waals surface area (Å²) in [5.74, 6) is -0.277. The van der Waals surface area contributed by atoms with Gasteiger partial charge in [0.25, 0.3) is 0 Å². The van der Waals surface area contributed by atoms with E-state index in [9.17, 15) is 4.39 Å². The van der Waals surface area contributed by atoms with Crippen LogP contribution in [0.1, 0.15) is 5.56 Å². The van der Waals surface area contributed by atoms with Gasteiger partial charge in [0.1, 0.15) is 5.82 Å². The average molecular weight is 284 g/mol. The molecule has 0 unspecified atom stereocenters. The zero-order chi connectivity index (χ0) is 13.1. The molecule has 2 aromatic rings. The van der Waals surface area contributed by atoms with Crippen molar-refractivity contribution in [1.82, 2.24) is 5.32 Å². The molecule has 0 aliphatic heterocycles. The van der Waals surface area contributed by atoms with E-state index in [1.54, 1.807) is 24.3 Å². The van der Waals surface area contributed by atoms with Crippen LogP contribution in [0.5, 0.6) is 0 Å². The van der Waals surface area contributed by atoms with Crippen molar-refractivity contribution >= 4 is 23.2 Å². The predicted octanol–water partition coefficient (Wildman–Crippen LogP) is 4.52. The molecule has 1 N–H and O–H groups in total. The zero-order valence-electron chi connectivity index (χ0n) is 9.81. The van der Waals surface area contributed by atoms with Gasteiger partial charge in [-0.25, -0.2) is 4.39 Å². The van der Waals surface area contributed by atoms with Gasteiger partial charge in [-0.05, 0) is 54.1 Å². The van der Waals surface area contributed by atoms with Crippen molar-refractivity contribution in [1.29, 1.82) is 0 Å². The Bertz CT molecular complexity index is 549. The van der Waals surface area contributed by atoms with Crippen LogP contribution in [0.25, 0.3) is 11.1 Å². The van der Waals surface area contributed by atoms with E-state index in [2.05, 4.69) is 5.32 Å². The Morgan fingerprint density at radius 2 is 1.72 bits per heavy atom. The molecule has 0 aliphatic rings. The van der Waals surface area contributed by atoms with E-state index in [-0.39, 0.29) is 5.82 Å². The summed E-state index contributed by atoms with van der Waals surface area (Å²) < 4.78 is 13.4. The molecule has 0 saturated carbocycles. The maximum Gasteiger partial charge on any atom is 0.123 e. The van der Waals surface area contributed by atoms with Crippen molar-refractivity contribution in [2.45, 2.75) is 6.54 Å². The maximum absolute atomic E-state index is 13.4. The van der Waals surface area contributed by atoms with Crippen LogP contribution in [0.2, 0.25) is 10.0 Å². The van der Waals surface area contributed by atoms with E-state index >= 15 is 0 Å². The van der Waals surface area contributed by atoms with Crippen molar-refractivity contribution in [3.05, 3.63) is 57.8 Å². The van der Waals surface area contributed by atoms with Crippen LogP contribution in [0.15, 0.2) is 36.4 Å². The normalized spacial score (nSPS) is 10.7. The van der Waals surface area contributed by atoms with Crippen LogP contribution in [0, 0.1) is 5.82 Å². The average Bonchev–Trinajstić information content (AvgIpc) is 2.30. The van der Waals surface area contributed by atoms with Crippen molar-refractivity contribution in [2.24, 2.45) is 0 Å². The second-order valence-corrected chi connectivity index (χ2v) is 4.86. The number of hydrogen-bond donors (Lipinski definition) is 1. The lowest BCUT2D eigenvalue weighted by atomic mass is 9.99. The summed E-state index contributed by atoms with van der Waals surface area (Å²) in [6.45, 7) is 0.653. The SMILES string of the molecule is CNCc1ccc(F)cc1-c1cc(Cl)cc(Cl)c1. The first-order chi connectivity index (χ1) is 8.60. The first-order valence-electron chi connectivity index (χ1n) is 5.49. The Balaban J connectivity index is 2.57. The van der Waals surface area contributed by atoms with Crippen LogP contribution in [0.4, 0.5) is 4.39 Å². The minimum absolute atomic E-state index is 0.277. The second kappa shape index (κ2) is 5.70. The van der Waals surface area contributed by atoms with Gasteiger partial charge < -0.3 is 5.32 Å². The van der Waals surface area contributed by atoms with Crippen LogP contribution in [0.3, 0.4) is 0 Å². The van der Waals surface area contributed by atoms with E-state index in [1.807, 2.05) is 7.05 Å². The molecule has 2 rings (SSSR count). The molecule has 0 amide bonds. The molecule has 0 fully saturated rings. The highest BCUT2D eigenvalue weighted by Gasteiger charge is 2.08. The molecule has 0 saturated heterocycles. The summed E-state index contributed by atoms with van der Waals surface area (Å²) >= 11 is 12.0. The molecule has 0 atom stereocenters. The fraction of sp³-hybridized carbons (Fsp3) is 0.143. The largest absolute Gasteiger partial charge is 0.316 e. The van der Waals surface area contributed by atoms with Crippen molar-refractivity contribution in [2.75, 3.05) is 7.05 Å². The maximum atomic E-state index is 13.4. The van der Waals surface area contributed by atoms with Gasteiger partial charge in [0.05, 0.1) is 0 Å². The first kappa shape index (κ1) is 13.3. The van der Waals surface area contributed by atoms with Gasteiger partial charge in [0.2, 0.25) is 0 Å².